The van der Waals surface area contributed by atoms with E-state index in [4.69, 9.17) is 63.2 Å². The Hall–Kier alpha value is -5.65. The van der Waals surface area contributed by atoms with Crippen LogP contribution in [0.25, 0.3) is 45.1 Å². The molecule has 0 amide bonds. The van der Waals surface area contributed by atoms with Gasteiger partial charge in [0, 0.05) is 77.8 Å². The first-order valence-electron chi connectivity index (χ1n) is 23.2. The van der Waals surface area contributed by atoms with Crippen LogP contribution in [0.4, 0.5) is 29.5 Å². The number of hydrogen-bond acceptors (Lipinski definition) is 20. The van der Waals surface area contributed by atoms with Crippen LogP contribution >= 0.6 is 11.6 Å². The van der Waals surface area contributed by atoms with E-state index in [-0.39, 0.29) is 11.9 Å². The number of nitrogens with zero attached hydrogens (tertiary/aromatic N) is 16. The maximum atomic E-state index is 6.50. The minimum Gasteiger partial charge on any atom is -0.378 e. The number of rotatable bonds is 14. The number of fused-ring (bicyclic) bond motifs is 2. The predicted octanol–water partition coefficient (Wildman–Crippen LogP) is 2.97. The molecular formula is C44H65ClN20O2. The molecule has 2 saturated carbocycles. The van der Waals surface area contributed by atoms with E-state index in [0.29, 0.717) is 55.2 Å². The summed E-state index contributed by atoms with van der Waals surface area (Å²) in [6, 6.07) is 0. The molecular weight excluding hydrogens is 876 g/mol. The van der Waals surface area contributed by atoms with Gasteiger partial charge in [0.15, 0.2) is 45.6 Å². The summed E-state index contributed by atoms with van der Waals surface area (Å²) in [6.45, 7) is 14.6. The largest absolute Gasteiger partial charge is 0.378 e. The summed E-state index contributed by atoms with van der Waals surface area (Å²) in [5.74, 6) is 5.40. The number of aryl methyl sites for hydroxylation is 2. The van der Waals surface area contributed by atoms with E-state index in [9.17, 15) is 0 Å². The monoisotopic (exact) mass is 941 g/mol. The average Bonchev–Trinajstić information content (AvgIpc) is 4.24. The maximum absolute atomic E-state index is 6.50. The van der Waals surface area contributed by atoms with Gasteiger partial charge in [0.25, 0.3) is 0 Å². The Bertz CT molecular complexity index is 2620. The average molecular weight is 942 g/mol. The van der Waals surface area contributed by atoms with Gasteiger partial charge in [-0.1, -0.05) is 0 Å². The van der Waals surface area contributed by atoms with Gasteiger partial charge < -0.3 is 51.6 Å². The van der Waals surface area contributed by atoms with Gasteiger partial charge in [-0.25, -0.2) is 49.8 Å². The number of imidazole rings is 2. The second-order valence-corrected chi connectivity index (χ2v) is 18.3. The predicted molar refractivity (Wildman–Crippen MR) is 262 cm³/mol. The van der Waals surface area contributed by atoms with Crippen LogP contribution in [0.2, 0.25) is 5.28 Å². The number of nitrogens with two attached hydrogens (primary N) is 3. The van der Waals surface area contributed by atoms with Gasteiger partial charge in [-0.05, 0) is 91.2 Å². The summed E-state index contributed by atoms with van der Waals surface area (Å²) in [5.41, 5.74) is 22.9. The minimum absolute atomic E-state index is 0.234. The molecule has 2 saturated heterocycles. The third kappa shape index (κ3) is 11.9. The van der Waals surface area contributed by atoms with Crippen molar-refractivity contribution >= 4 is 63.4 Å². The van der Waals surface area contributed by atoms with Gasteiger partial charge in [-0.15, -0.1) is 0 Å². The second-order valence-electron chi connectivity index (χ2n) is 18.0. The molecule has 0 atom stereocenters. The third-order valence-corrected chi connectivity index (χ3v) is 12.2. The first kappa shape index (κ1) is 47.8. The molecule has 360 valence electrons. The van der Waals surface area contributed by atoms with E-state index in [0.717, 1.165) is 128 Å². The smallest absolute Gasteiger partial charge is 0.220 e. The lowest BCUT2D eigenvalue weighted by molar-refractivity contribution is 0.122. The molecule has 8 heterocycles. The highest BCUT2D eigenvalue weighted by Crippen LogP contribution is 2.37. The lowest BCUT2D eigenvalue weighted by Crippen LogP contribution is -2.37. The Balaban J connectivity index is 0.000000164. The number of nitrogens with one attached hydrogen (secondary N) is 1. The highest BCUT2D eigenvalue weighted by Gasteiger charge is 2.30. The zero-order valence-electron chi connectivity index (χ0n) is 39.6. The maximum Gasteiger partial charge on any atom is 0.220 e. The Kier molecular flexibility index (Phi) is 15.4. The fourth-order valence-electron chi connectivity index (χ4n) is 7.82. The minimum atomic E-state index is 0.234. The number of nitrogen functional groups attached to an aromatic ring is 2. The normalized spacial score (nSPS) is 16.4. The fourth-order valence-corrected chi connectivity index (χ4v) is 8.06. The Morgan fingerprint density at radius 3 is 1.54 bits per heavy atom. The van der Waals surface area contributed by atoms with Crippen molar-refractivity contribution in [2.45, 2.75) is 52.6 Å². The van der Waals surface area contributed by atoms with Gasteiger partial charge in [0.05, 0.1) is 48.9 Å². The highest BCUT2D eigenvalue weighted by molar-refractivity contribution is 6.29. The van der Waals surface area contributed by atoms with E-state index in [1.165, 1.54) is 25.7 Å². The fraction of sp³-hybridized carbons (Fsp3) is 0.591. The number of ether oxygens (including phenoxy) is 2. The quantitative estimate of drug-likeness (QED) is 0.114. The van der Waals surface area contributed by atoms with Crippen molar-refractivity contribution in [3.63, 3.8) is 0 Å². The summed E-state index contributed by atoms with van der Waals surface area (Å²) >= 11 is 6.50. The van der Waals surface area contributed by atoms with Crippen molar-refractivity contribution in [1.82, 2.24) is 68.8 Å². The zero-order valence-corrected chi connectivity index (χ0v) is 40.4. The molecule has 22 nitrogen and oxygen atoms in total. The first-order chi connectivity index (χ1) is 32.4. The molecule has 23 heteroatoms. The van der Waals surface area contributed by atoms with E-state index >= 15 is 0 Å². The van der Waals surface area contributed by atoms with E-state index in [1.807, 2.05) is 32.5 Å². The lowest BCUT2D eigenvalue weighted by Gasteiger charge is -2.28. The standard InChI is InChI=1S/C22H32N10O.C18H21ClN8O.C4H12N2/c1-14-16(12-25-21(23)26-14)18-28-19(31-8-10-33-11-9-31)17-20(29-18)32(13-15-4-5-15)22(27-17)24-6-7-30(2)3;1-10-12(8-21-18(20)22-10)14-24-15(26-4-6-28-7-5-26)13-16(25-14)27(17(19)23-13)9-11-2-3-11;1-6(2)4-3-5/h12,15H,4-11,13H2,1-3H3,(H,24,27)(H2,23,25,26);8,11H,2-7,9H2,1H3,(H2,20,21,22);3-5H2,1-2H3. The number of likely N-dealkylation sites (N-methyl/N-ethyl adjacent to an activating group) is 2. The molecule has 2 aliphatic carbocycles. The van der Waals surface area contributed by atoms with Crippen LogP contribution in [0.1, 0.15) is 37.1 Å². The van der Waals surface area contributed by atoms with Crippen LogP contribution in [0.15, 0.2) is 12.4 Å². The molecule has 4 aliphatic rings. The number of halogens is 1. The third-order valence-electron chi connectivity index (χ3n) is 11.9. The Morgan fingerprint density at radius 2 is 1.10 bits per heavy atom. The van der Waals surface area contributed by atoms with Gasteiger partial charge in [-0.3, -0.25) is 9.13 Å². The van der Waals surface area contributed by atoms with Crippen molar-refractivity contribution in [1.29, 1.82) is 0 Å². The van der Waals surface area contributed by atoms with Gasteiger partial charge in [-0.2, -0.15) is 0 Å². The van der Waals surface area contributed by atoms with Crippen molar-refractivity contribution in [2.75, 3.05) is 134 Å². The summed E-state index contributed by atoms with van der Waals surface area (Å²) in [4.78, 5) is 54.8. The van der Waals surface area contributed by atoms with Crippen LogP contribution < -0.4 is 32.3 Å². The van der Waals surface area contributed by atoms with Crippen molar-refractivity contribution in [3.8, 4) is 22.8 Å². The molecule has 6 aromatic rings. The summed E-state index contributed by atoms with van der Waals surface area (Å²) < 4.78 is 15.3. The highest BCUT2D eigenvalue weighted by atomic mass is 35.5. The van der Waals surface area contributed by atoms with Crippen LogP contribution in [0.3, 0.4) is 0 Å². The molecule has 10 rings (SSSR count). The molecule has 67 heavy (non-hydrogen) atoms. The Morgan fingerprint density at radius 1 is 0.642 bits per heavy atom. The Labute approximate surface area is 396 Å². The number of anilines is 5. The summed E-state index contributed by atoms with van der Waals surface area (Å²) in [7, 11) is 8.15. The number of morpholine rings is 2. The molecule has 6 aromatic heterocycles. The van der Waals surface area contributed by atoms with Crippen molar-refractivity contribution in [2.24, 2.45) is 17.6 Å². The molecule has 4 fully saturated rings. The summed E-state index contributed by atoms with van der Waals surface area (Å²) in [5, 5.41) is 3.99. The molecule has 2 aliphatic heterocycles. The van der Waals surface area contributed by atoms with E-state index in [1.54, 1.807) is 12.4 Å². The van der Waals surface area contributed by atoms with E-state index < -0.39 is 0 Å². The molecule has 0 bridgehead atoms. The van der Waals surface area contributed by atoms with Gasteiger partial charge in [0.1, 0.15) is 0 Å². The molecule has 0 radical (unpaired) electrons. The van der Waals surface area contributed by atoms with Gasteiger partial charge in [0.2, 0.25) is 23.1 Å². The number of aromatic nitrogens is 12. The zero-order chi connectivity index (χ0) is 47.2. The van der Waals surface area contributed by atoms with Crippen molar-refractivity contribution in [3.05, 3.63) is 29.1 Å². The topological polar surface area (TPSA) is 260 Å². The van der Waals surface area contributed by atoms with Crippen LogP contribution in [-0.2, 0) is 22.6 Å². The van der Waals surface area contributed by atoms with Crippen LogP contribution in [0.5, 0.6) is 0 Å². The molecule has 0 aromatic carbocycles. The summed E-state index contributed by atoms with van der Waals surface area (Å²) in [6.07, 6.45) is 8.31. The second kappa shape index (κ2) is 21.5. The lowest BCUT2D eigenvalue weighted by atomic mass is 10.2. The van der Waals surface area contributed by atoms with Gasteiger partial charge >= 0.3 is 0 Å². The first-order valence-corrected chi connectivity index (χ1v) is 23.5. The van der Waals surface area contributed by atoms with Crippen LogP contribution in [0, 0.1) is 25.7 Å². The molecule has 7 N–H and O–H groups in total. The van der Waals surface area contributed by atoms with Crippen LogP contribution in [-0.4, -0.2) is 176 Å². The SMILES string of the molecule is CN(C)CCN.Cc1nc(N)ncc1-c1nc(N2CCOCC2)c2nc(Cl)n(CC3CC3)c2n1.Cc1nc(N)ncc1-c1nc(N2CCOCC2)c2nc(NCCN(C)C)n(CC3CC3)c2n1. The van der Waals surface area contributed by atoms with Crippen molar-refractivity contribution < 1.29 is 9.47 Å². The van der Waals surface area contributed by atoms with E-state index in [2.05, 4.69) is 68.5 Å². The molecule has 0 spiro atoms. The number of hydrogen-bond donors (Lipinski definition) is 4. The molecule has 0 unspecified atom stereocenters.